The van der Waals surface area contributed by atoms with Crippen molar-refractivity contribution in [3.8, 4) is 0 Å². The summed E-state index contributed by atoms with van der Waals surface area (Å²) in [5.41, 5.74) is 2.09. The molecule has 26 heavy (non-hydrogen) atoms. The third kappa shape index (κ3) is 3.67. The van der Waals surface area contributed by atoms with E-state index in [1.54, 1.807) is 36.2 Å². The number of Topliss-reactive ketones (excluding diaryl/α,β-unsaturated/α-hetero) is 1. The minimum Gasteiger partial charge on any atom is -0.338 e. The maximum atomic E-state index is 13.0. The molecule has 1 aliphatic heterocycles. The van der Waals surface area contributed by atoms with Gasteiger partial charge in [0.2, 0.25) is 11.8 Å². The van der Waals surface area contributed by atoms with E-state index in [0.29, 0.717) is 24.1 Å². The number of amides is 2. The number of rotatable bonds is 4. The molecular weight excluding hydrogens is 328 g/mol. The Morgan fingerprint density at radius 1 is 1.08 bits per heavy atom. The first-order chi connectivity index (χ1) is 12.5. The molecule has 2 aromatic rings. The van der Waals surface area contributed by atoms with Crippen molar-refractivity contribution in [3.63, 3.8) is 0 Å². The van der Waals surface area contributed by atoms with Crippen LogP contribution in [0.1, 0.15) is 41.7 Å². The normalized spacial score (nSPS) is 19.9. The minimum atomic E-state index is -0.346. The van der Waals surface area contributed by atoms with Crippen molar-refractivity contribution < 1.29 is 14.4 Å². The van der Waals surface area contributed by atoms with Crippen LogP contribution in [0.5, 0.6) is 0 Å². The average molecular weight is 350 g/mol. The average Bonchev–Trinajstić information content (AvgIpc) is 2.64. The molecule has 5 heteroatoms. The van der Waals surface area contributed by atoms with Gasteiger partial charge in [-0.2, -0.15) is 0 Å². The molecule has 0 saturated carbocycles. The molecule has 2 amide bonds. The Morgan fingerprint density at radius 2 is 1.81 bits per heavy atom. The Morgan fingerprint density at radius 3 is 2.50 bits per heavy atom. The van der Waals surface area contributed by atoms with Crippen LogP contribution in [0.3, 0.4) is 0 Å². The largest absolute Gasteiger partial charge is 0.338 e. The number of carbonyl (C=O) groups excluding carboxylic acids is 3. The lowest BCUT2D eigenvalue weighted by atomic mass is 9.84. The molecule has 0 aliphatic carbocycles. The molecule has 5 nitrogen and oxygen atoms in total. The fourth-order valence-corrected chi connectivity index (χ4v) is 3.47. The molecule has 134 valence electrons. The van der Waals surface area contributed by atoms with Gasteiger partial charge in [-0.3, -0.25) is 14.4 Å². The number of nitrogens with zero attached hydrogens (tertiary/aromatic N) is 1. The third-order valence-corrected chi connectivity index (χ3v) is 4.88. The van der Waals surface area contributed by atoms with Crippen molar-refractivity contribution in [2.24, 2.45) is 5.92 Å². The molecule has 1 saturated heterocycles. The molecule has 1 fully saturated rings. The van der Waals surface area contributed by atoms with Crippen LogP contribution in [0.2, 0.25) is 0 Å². The van der Waals surface area contributed by atoms with Crippen molar-refractivity contribution >= 4 is 23.3 Å². The second kappa shape index (κ2) is 7.52. The summed E-state index contributed by atoms with van der Waals surface area (Å²) in [5, 5.41) is 2.91. The van der Waals surface area contributed by atoms with Crippen LogP contribution in [0.25, 0.3) is 0 Å². The SMILES string of the molecule is CC(=O)c1cccc(NC(=O)[C@H]2CCC(=O)N(C)[C@H]2c2ccccc2)c1. The Hall–Kier alpha value is -2.95. The Bertz CT molecular complexity index is 832. The Balaban J connectivity index is 1.85. The van der Waals surface area contributed by atoms with E-state index in [0.717, 1.165) is 5.56 Å². The van der Waals surface area contributed by atoms with Gasteiger partial charge in [0.15, 0.2) is 5.78 Å². The van der Waals surface area contributed by atoms with Gasteiger partial charge in [-0.05, 0) is 31.0 Å². The molecule has 2 aromatic carbocycles. The van der Waals surface area contributed by atoms with E-state index in [2.05, 4.69) is 5.32 Å². The number of carbonyl (C=O) groups is 3. The van der Waals surface area contributed by atoms with Crippen molar-refractivity contribution in [2.75, 3.05) is 12.4 Å². The van der Waals surface area contributed by atoms with Crippen molar-refractivity contribution in [2.45, 2.75) is 25.8 Å². The molecule has 2 atom stereocenters. The van der Waals surface area contributed by atoms with Crippen LogP contribution in [-0.4, -0.2) is 29.5 Å². The number of piperidine rings is 1. The highest BCUT2D eigenvalue weighted by Gasteiger charge is 2.38. The van der Waals surface area contributed by atoms with Gasteiger partial charge in [0.25, 0.3) is 0 Å². The van der Waals surface area contributed by atoms with E-state index in [1.807, 2.05) is 30.3 Å². The molecule has 1 N–H and O–H groups in total. The summed E-state index contributed by atoms with van der Waals surface area (Å²) in [7, 11) is 1.75. The Kier molecular flexibility index (Phi) is 5.16. The molecule has 1 heterocycles. The highest BCUT2D eigenvalue weighted by atomic mass is 16.2. The number of likely N-dealkylation sites (tertiary alicyclic amines) is 1. The Labute approximate surface area is 153 Å². The summed E-state index contributed by atoms with van der Waals surface area (Å²) in [6, 6.07) is 16.2. The lowest BCUT2D eigenvalue weighted by molar-refractivity contribution is -0.140. The van der Waals surface area contributed by atoms with Crippen LogP contribution in [0.4, 0.5) is 5.69 Å². The van der Waals surface area contributed by atoms with Crippen LogP contribution in [-0.2, 0) is 9.59 Å². The summed E-state index contributed by atoms with van der Waals surface area (Å²) in [6.45, 7) is 1.49. The molecule has 0 radical (unpaired) electrons. The number of nitrogens with one attached hydrogen (secondary N) is 1. The molecule has 0 bridgehead atoms. The van der Waals surface area contributed by atoms with Gasteiger partial charge in [-0.1, -0.05) is 42.5 Å². The van der Waals surface area contributed by atoms with Gasteiger partial charge < -0.3 is 10.2 Å². The summed E-state index contributed by atoms with van der Waals surface area (Å²) in [5.74, 6) is -0.493. The van der Waals surface area contributed by atoms with Crippen molar-refractivity contribution in [1.29, 1.82) is 0 Å². The predicted octanol–water partition coefficient (Wildman–Crippen LogP) is 3.44. The van der Waals surface area contributed by atoms with Crippen LogP contribution in [0.15, 0.2) is 54.6 Å². The second-order valence-electron chi connectivity index (χ2n) is 6.63. The number of anilines is 1. The fourth-order valence-electron chi connectivity index (χ4n) is 3.47. The zero-order valence-electron chi connectivity index (χ0n) is 14.9. The molecule has 0 aromatic heterocycles. The van der Waals surface area contributed by atoms with Gasteiger partial charge in [0.1, 0.15) is 0 Å². The van der Waals surface area contributed by atoms with Crippen LogP contribution in [0, 0.1) is 5.92 Å². The first-order valence-corrected chi connectivity index (χ1v) is 8.70. The van der Waals surface area contributed by atoms with Gasteiger partial charge >= 0.3 is 0 Å². The van der Waals surface area contributed by atoms with Gasteiger partial charge in [0, 0.05) is 24.7 Å². The second-order valence-corrected chi connectivity index (χ2v) is 6.63. The monoisotopic (exact) mass is 350 g/mol. The maximum Gasteiger partial charge on any atom is 0.229 e. The minimum absolute atomic E-state index is 0.0430. The number of ketones is 1. The summed E-state index contributed by atoms with van der Waals surface area (Å²) in [4.78, 5) is 38.3. The predicted molar refractivity (Wildman–Crippen MR) is 99.8 cm³/mol. The van der Waals surface area contributed by atoms with Crippen molar-refractivity contribution in [3.05, 3.63) is 65.7 Å². The van der Waals surface area contributed by atoms with E-state index in [4.69, 9.17) is 0 Å². The summed E-state index contributed by atoms with van der Waals surface area (Å²) in [6.07, 6.45) is 0.854. The first kappa shape index (κ1) is 17.9. The standard InChI is InChI=1S/C21H22N2O3/c1-14(24)16-9-6-10-17(13-16)22-21(26)18-11-12-19(25)23(2)20(18)15-7-4-3-5-8-15/h3-10,13,18,20H,11-12H2,1-2H3,(H,22,26)/t18-,20-/m0/s1. The van der Waals surface area contributed by atoms with E-state index < -0.39 is 0 Å². The summed E-state index contributed by atoms with van der Waals surface area (Å²) >= 11 is 0. The first-order valence-electron chi connectivity index (χ1n) is 8.70. The van der Waals surface area contributed by atoms with Crippen molar-refractivity contribution in [1.82, 2.24) is 4.90 Å². The lowest BCUT2D eigenvalue weighted by Crippen LogP contribution is -2.44. The maximum absolute atomic E-state index is 13.0. The van der Waals surface area contributed by atoms with Crippen LogP contribution < -0.4 is 5.32 Å². The van der Waals surface area contributed by atoms with E-state index in [-0.39, 0.29) is 29.6 Å². The lowest BCUT2D eigenvalue weighted by Gasteiger charge is -2.38. The smallest absolute Gasteiger partial charge is 0.229 e. The highest BCUT2D eigenvalue weighted by molar-refractivity contribution is 5.98. The number of hydrogen-bond acceptors (Lipinski definition) is 3. The highest BCUT2D eigenvalue weighted by Crippen LogP contribution is 2.36. The van der Waals surface area contributed by atoms with E-state index >= 15 is 0 Å². The molecule has 3 rings (SSSR count). The molecular formula is C21H22N2O3. The topological polar surface area (TPSA) is 66.5 Å². The molecule has 1 aliphatic rings. The quantitative estimate of drug-likeness (QED) is 0.859. The molecule has 0 spiro atoms. The van der Waals surface area contributed by atoms with Gasteiger partial charge in [-0.25, -0.2) is 0 Å². The number of hydrogen-bond donors (Lipinski definition) is 1. The van der Waals surface area contributed by atoms with Crippen LogP contribution >= 0.6 is 0 Å². The van der Waals surface area contributed by atoms with E-state index in [9.17, 15) is 14.4 Å². The van der Waals surface area contributed by atoms with Gasteiger partial charge in [-0.15, -0.1) is 0 Å². The third-order valence-electron chi connectivity index (χ3n) is 4.88. The fraction of sp³-hybridized carbons (Fsp3) is 0.286. The number of benzene rings is 2. The zero-order valence-corrected chi connectivity index (χ0v) is 14.9. The van der Waals surface area contributed by atoms with E-state index in [1.165, 1.54) is 6.92 Å². The van der Waals surface area contributed by atoms with Gasteiger partial charge in [0.05, 0.1) is 12.0 Å². The zero-order chi connectivity index (χ0) is 18.7. The summed E-state index contributed by atoms with van der Waals surface area (Å²) < 4.78 is 0. The molecule has 0 unspecified atom stereocenters.